The van der Waals surface area contributed by atoms with E-state index in [-0.39, 0.29) is 23.3 Å². The lowest BCUT2D eigenvalue weighted by molar-refractivity contribution is -0.114. The summed E-state index contributed by atoms with van der Waals surface area (Å²) < 4.78 is 4.87. The number of thiazole rings is 1. The minimum atomic E-state index is -0.239. The van der Waals surface area contributed by atoms with Crippen LogP contribution in [0.1, 0.15) is 11.3 Å². The van der Waals surface area contributed by atoms with E-state index in [4.69, 9.17) is 4.52 Å². The van der Waals surface area contributed by atoms with E-state index >= 15 is 0 Å². The molecule has 0 aliphatic heterocycles. The first-order chi connectivity index (χ1) is 13.0. The molecule has 0 atom stereocenters. The highest BCUT2D eigenvalue weighted by molar-refractivity contribution is 8.00. The largest absolute Gasteiger partial charge is 0.360 e. The number of aryl methyl sites for hydroxylation is 2. The van der Waals surface area contributed by atoms with Crippen LogP contribution >= 0.6 is 23.1 Å². The second-order valence-corrected chi connectivity index (χ2v) is 7.66. The van der Waals surface area contributed by atoms with E-state index in [1.54, 1.807) is 13.0 Å². The van der Waals surface area contributed by atoms with Crippen molar-refractivity contribution in [2.75, 3.05) is 22.1 Å². The Hall–Kier alpha value is -2.65. The second kappa shape index (κ2) is 8.83. The van der Waals surface area contributed by atoms with Gasteiger partial charge in [-0.25, -0.2) is 4.98 Å². The molecule has 7 nitrogen and oxygen atoms in total. The van der Waals surface area contributed by atoms with Crippen LogP contribution in [0.25, 0.3) is 11.3 Å². The number of amides is 2. The molecule has 0 spiro atoms. The molecule has 27 heavy (non-hydrogen) atoms. The number of nitrogens with one attached hydrogen (secondary N) is 2. The van der Waals surface area contributed by atoms with Gasteiger partial charge in [-0.3, -0.25) is 9.59 Å². The monoisotopic (exact) mass is 402 g/mol. The van der Waals surface area contributed by atoms with Crippen LogP contribution in [-0.2, 0) is 9.59 Å². The first kappa shape index (κ1) is 19.1. The molecule has 0 fully saturated rings. The third-order valence-electron chi connectivity index (χ3n) is 3.46. The normalized spacial score (nSPS) is 10.6. The molecule has 140 valence electrons. The molecule has 0 saturated heterocycles. The van der Waals surface area contributed by atoms with Crippen molar-refractivity contribution in [1.29, 1.82) is 0 Å². The van der Waals surface area contributed by atoms with Gasteiger partial charge in [-0.1, -0.05) is 35.0 Å². The van der Waals surface area contributed by atoms with Gasteiger partial charge in [0.25, 0.3) is 0 Å². The molecule has 0 aliphatic carbocycles. The minimum absolute atomic E-state index is 0.145. The highest BCUT2D eigenvalue weighted by atomic mass is 32.2. The summed E-state index contributed by atoms with van der Waals surface area (Å²) in [5.41, 5.74) is 3.01. The van der Waals surface area contributed by atoms with Crippen molar-refractivity contribution < 1.29 is 14.1 Å². The van der Waals surface area contributed by atoms with Gasteiger partial charge in [0.1, 0.15) is 5.76 Å². The number of aromatic nitrogens is 2. The van der Waals surface area contributed by atoms with Gasteiger partial charge in [0.15, 0.2) is 10.9 Å². The lowest BCUT2D eigenvalue weighted by Crippen LogP contribution is -2.18. The van der Waals surface area contributed by atoms with E-state index in [1.165, 1.54) is 28.7 Å². The summed E-state index contributed by atoms with van der Waals surface area (Å²) in [6.07, 6.45) is 0. The average Bonchev–Trinajstić information content (AvgIpc) is 3.24. The van der Waals surface area contributed by atoms with Crippen molar-refractivity contribution >= 4 is 45.9 Å². The van der Waals surface area contributed by atoms with E-state index in [0.717, 1.165) is 11.3 Å². The number of rotatable bonds is 7. The molecular formula is C18H18N4O3S2. The molecule has 0 unspecified atom stereocenters. The maximum atomic E-state index is 12.0. The van der Waals surface area contributed by atoms with E-state index in [9.17, 15) is 9.59 Å². The number of carbonyl (C=O) groups excluding carboxylic acids is 2. The van der Waals surface area contributed by atoms with Crippen LogP contribution in [0.4, 0.5) is 10.9 Å². The molecule has 2 aromatic heterocycles. The van der Waals surface area contributed by atoms with Crippen LogP contribution in [0.2, 0.25) is 0 Å². The van der Waals surface area contributed by atoms with Crippen LogP contribution in [0.3, 0.4) is 0 Å². The van der Waals surface area contributed by atoms with Gasteiger partial charge in [0.05, 0.1) is 17.2 Å². The number of carbonyl (C=O) groups is 2. The third kappa shape index (κ3) is 5.66. The molecule has 3 rings (SSSR count). The maximum absolute atomic E-state index is 12.0. The van der Waals surface area contributed by atoms with Gasteiger partial charge in [-0.15, -0.1) is 23.1 Å². The van der Waals surface area contributed by atoms with Crippen molar-refractivity contribution in [3.05, 3.63) is 47.0 Å². The minimum Gasteiger partial charge on any atom is -0.360 e. The molecule has 0 aliphatic rings. The van der Waals surface area contributed by atoms with Crippen molar-refractivity contribution in [1.82, 2.24) is 10.1 Å². The maximum Gasteiger partial charge on any atom is 0.236 e. The zero-order valence-corrected chi connectivity index (χ0v) is 16.4. The molecular weight excluding hydrogens is 384 g/mol. The van der Waals surface area contributed by atoms with Crippen LogP contribution in [-0.4, -0.2) is 33.5 Å². The SMILES string of the molecule is Cc1ccc(-c2csc(NC(=O)CSCC(=O)Nc3cc(C)on3)n2)cc1. The smallest absolute Gasteiger partial charge is 0.236 e. The Bertz CT molecular complexity index is 934. The first-order valence-corrected chi connectivity index (χ1v) is 10.2. The fraction of sp³-hybridized carbons (Fsp3) is 0.222. The van der Waals surface area contributed by atoms with Crippen LogP contribution in [0.5, 0.6) is 0 Å². The zero-order chi connectivity index (χ0) is 19.2. The van der Waals surface area contributed by atoms with Crippen molar-refractivity contribution in [2.24, 2.45) is 0 Å². The summed E-state index contributed by atoms with van der Waals surface area (Å²) in [4.78, 5) is 28.2. The van der Waals surface area contributed by atoms with E-state index in [2.05, 4.69) is 20.8 Å². The lowest BCUT2D eigenvalue weighted by atomic mass is 10.1. The van der Waals surface area contributed by atoms with E-state index < -0.39 is 0 Å². The molecule has 0 saturated carbocycles. The molecule has 1 aromatic carbocycles. The Morgan fingerprint density at radius 3 is 2.48 bits per heavy atom. The number of benzene rings is 1. The Balaban J connectivity index is 1.43. The third-order valence-corrected chi connectivity index (χ3v) is 5.15. The molecule has 3 aromatic rings. The highest BCUT2D eigenvalue weighted by Crippen LogP contribution is 2.25. The molecule has 2 N–H and O–H groups in total. The Morgan fingerprint density at radius 1 is 1.11 bits per heavy atom. The number of hydrogen-bond donors (Lipinski definition) is 2. The van der Waals surface area contributed by atoms with Gasteiger partial charge in [0, 0.05) is 17.0 Å². The first-order valence-electron chi connectivity index (χ1n) is 8.13. The van der Waals surface area contributed by atoms with Gasteiger partial charge in [-0.05, 0) is 13.8 Å². The Labute approximate surface area is 164 Å². The van der Waals surface area contributed by atoms with Gasteiger partial charge < -0.3 is 15.2 Å². The fourth-order valence-corrected chi connectivity index (χ4v) is 3.54. The zero-order valence-electron chi connectivity index (χ0n) is 14.8. The van der Waals surface area contributed by atoms with Crippen molar-refractivity contribution in [2.45, 2.75) is 13.8 Å². The lowest BCUT2D eigenvalue weighted by Gasteiger charge is -2.02. The standard InChI is InChI=1S/C18H18N4O3S2/c1-11-3-5-13(6-4-11)14-8-27-18(19-14)21-17(24)10-26-9-16(23)20-15-7-12(2)25-22-15/h3-8H,9-10H2,1-2H3,(H,19,21,24)(H,20,22,23). The van der Waals surface area contributed by atoms with Crippen LogP contribution in [0.15, 0.2) is 40.2 Å². The summed E-state index contributed by atoms with van der Waals surface area (Å²) >= 11 is 2.58. The van der Waals surface area contributed by atoms with E-state index in [0.29, 0.717) is 16.7 Å². The topological polar surface area (TPSA) is 97.1 Å². The van der Waals surface area contributed by atoms with Gasteiger partial charge in [0.2, 0.25) is 11.8 Å². The number of hydrogen-bond acceptors (Lipinski definition) is 7. The van der Waals surface area contributed by atoms with Crippen molar-refractivity contribution in [3.8, 4) is 11.3 Å². The van der Waals surface area contributed by atoms with E-state index in [1.807, 2.05) is 36.6 Å². The second-order valence-electron chi connectivity index (χ2n) is 5.82. The Morgan fingerprint density at radius 2 is 1.81 bits per heavy atom. The predicted molar refractivity (Wildman–Crippen MR) is 108 cm³/mol. The fourth-order valence-electron chi connectivity index (χ4n) is 2.18. The molecule has 0 radical (unpaired) electrons. The summed E-state index contributed by atoms with van der Waals surface area (Å²) in [7, 11) is 0. The predicted octanol–water partition coefficient (Wildman–Crippen LogP) is 3.73. The number of thioether (sulfide) groups is 1. The Kier molecular flexibility index (Phi) is 6.25. The molecule has 2 heterocycles. The van der Waals surface area contributed by atoms with Crippen LogP contribution < -0.4 is 10.6 Å². The summed E-state index contributed by atoms with van der Waals surface area (Å²) in [5, 5.41) is 11.5. The summed E-state index contributed by atoms with van der Waals surface area (Å²) in [6.45, 7) is 3.77. The number of nitrogens with zero attached hydrogens (tertiary/aromatic N) is 2. The molecule has 9 heteroatoms. The quantitative estimate of drug-likeness (QED) is 0.625. The molecule has 2 amide bonds. The van der Waals surface area contributed by atoms with Crippen molar-refractivity contribution in [3.63, 3.8) is 0 Å². The molecule has 0 bridgehead atoms. The highest BCUT2D eigenvalue weighted by Gasteiger charge is 2.10. The van der Waals surface area contributed by atoms with Gasteiger partial charge in [-0.2, -0.15) is 0 Å². The summed E-state index contributed by atoms with van der Waals surface area (Å²) in [5.74, 6) is 0.850. The van der Waals surface area contributed by atoms with Gasteiger partial charge >= 0.3 is 0 Å². The average molecular weight is 403 g/mol. The van der Waals surface area contributed by atoms with Crippen LogP contribution in [0, 0.1) is 13.8 Å². The number of anilines is 2. The summed E-state index contributed by atoms with van der Waals surface area (Å²) in [6, 6.07) is 9.68.